The van der Waals surface area contributed by atoms with Crippen LogP contribution in [-0.4, -0.2) is 19.7 Å². The Balaban J connectivity index is 1.65. The van der Waals surface area contributed by atoms with Crippen molar-refractivity contribution in [1.82, 2.24) is 19.7 Å². The van der Waals surface area contributed by atoms with Gasteiger partial charge in [0, 0.05) is 21.5 Å². The van der Waals surface area contributed by atoms with Gasteiger partial charge in [-0.3, -0.25) is 0 Å². The highest BCUT2D eigenvalue weighted by molar-refractivity contribution is 6.36. The molecule has 0 N–H and O–H groups in total. The number of halogens is 3. The minimum Gasteiger partial charge on any atom is -0.419 e. The summed E-state index contributed by atoms with van der Waals surface area (Å²) in [4.78, 5) is 5.06. The Morgan fingerprint density at radius 2 is 1.91 bits per heavy atom. The quantitative estimate of drug-likeness (QED) is 0.329. The first-order valence-corrected chi connectivity index (χ1v) is 13.1. The third-order valence-electron chi connectivity index (χ3n) is 6.63. The summed E-state index contributed by atoms with van der Waals surface area (Å²) in [6.07, 6.45) is 14.5. The highest BCUT2D eigenvalue weighted by atomic mass is 35.5. The van der Waals surface area contributed by atoms with Gasteiger partial charge in [-0.05, 0) is 50.0 Å². The molecule has 1 fully saturated rings. The van der Waals surface area contributed by atoms with E-state index in [0.717, 1.165) is 65.8 Å². The maximum atomic E-state index is 6.65. The Morgan fingerprint density at radius 3 is 2.62 bits per heavy atom. The summed E-state index contributed by atoms with van der Waals surface area (Å²) in [7, 11) is 0. The van der Waals surface area contributed by atoms with Crippen LogP contribution >= 0.6 is 34.8 Å². The molecule has 0 saturated heterocycles. The molecule has 34 heavy (non-hydrogen) atoms. The van der Waals surface area contributed by atoms with Crippen LogP contribution in [0.15, 0.2) is 45.9 Å². The van der Waals surface area contributed by atoms with Crippen LogP contribution in [0.5, 0.6) is 0 Å². The molecule has 2 aliphatic carbocycles. The van der Waals surface area contributed by atoms with Gasteiger partial charge in [0.25, 0.3) is 5.89 Å². The van der Waals surface area contributed by atoms with Crippen LogP contribution < -0.4 is 0 Å². The zero-order valence-corrected chi connectivity index (χ0v) is 21.4. The molecule has 0 spiro atoms. The summed E-state index contributed by atoms with van der Waals surface area (Å²) < 4.78 is 8.50. The number of nitrogens with zero attached hydrogens (tertiary/aromatic N) is 4. The Morgan fingerprint density at radius 1 is 1.09 bits per heavy atom. The van der Waals surface area contributed by atoms with E-state index in [9.17, 15) is 0 Å². The molecule has 0 bridgehead atoms. The van der Waals surface area contributed by atoms with Gasteiger partial charge in [-0.25, -0.2) is 4.98 Å². The molecule has 5 nitrogen and oxygen atoms in total. The first-order chi connectivity index (χ1) is 16.5. The third-order valence-corrected chi connectivity index (χ3v) is 7.46. The van der Waals surface area contributed by atoms with E-state index < -0.39 is 0 Å². The predicted molar refractivity (Wildman–Crippen MR) is 138 cm³/mol. The molecule has 2 heterocycles. The molecule has 3 aromatic rings. The first kappa shape index (κ1) is 23.7. The van der Waals surface area contributed by atoms with Gasteiger partial charge in [0.2, 0.25) is 5.89 Å². The molecule has 0 radical (unpaired) electrons. The SMILES string of the molecule is CCCc1c(-c2nnc(C3CCCCC3)o2)nc(-c2ccc(Cl)cc2Cl)n1C1C=CC(Cl)=CC1. The van der Waals surface area contributed by atoms with Crippen molar-refractivity contribution in [2.24, 2.45) is 0 Å². The van der Waals surface area contributed by atoms with Gasteiger partial charge in [0.15, 0.2) is 0 Å². The van der Waals surface area contributed by atoms with E-state index in [1.165, 1.54) is 19.3 Å². The molecular weight excluding hydrogens is 491 g/mol. The second-order valence-corrected chi connectivity index (χ2v) is 10.3. The molecule has 2 aromatic heterocycles. The van der Waals surface area contributed by atoms with E-state index in [1.807, 2.05) is 24.3 Å². The average molecular weight is 518 g/mol. The van der Waals surface area contributed by atoms with Gasteiger partial charge in [0.05, 0.1) is 16.8 Å². The molecule has 5 rings (SSSR count). The van der Waals surface area contributed by atoms with Crippen LogP contribution in [0.1, 0.15) is 75.4 Å². The molecule has 0 amide bonds. The number of aromatic nitrogens is 4. The molecule has 1 atom stereocenters. The Bertz CT molecular complexity index is 1240. The van der Waals surface area contributed by atoms with Crippen molar-refractivity contribution in [1.29, 1.82) is 0 Å². The van der Waals surface area contributed by atoms with E-state index in [4.69, 9.17) is 44.2 Å². The van der Waals surface area contributed by atoms with Gasteiger partial charge >= 0.3 is 0 Å². The van der Waals surface area contributed by atoms with E-state index >= 15 is 0 Å². The summed E-state index contributed by atoms with van der Waals surface area (Å²) >= 11 is 19.1. The zero-order chi connectivity index (χ0) is 23.7. The summed E-state index contributed by atoms with van der Waals surface area (Å²) in [6.45, 7) is 2.16. The second kappa shape index (κ2) is 10.3. The molecule has 0 aliphatic heterocycles. The fourth-order valence-corrected chi connectivity index (χ4v) is 5.61. The van der Waals surface area contributed by atoms with Gasteiger partial charge in [-0.1, -0.05) is 79.6 Å². The first-order valence-electron chi connectivity index (χ1n) is 12.0. The van der Waals surface area contributed by atoms with Gasteiger partial charge in [0.1, 0.15) is 11.5 Å². The number of hydrogen-bond donors (Lipinski definition) is 0. The van der Waals surface area contributed by atoms with Crippen molar-refractivity contribution in [3.63, 3.8) is 0 Å². The predicted octanol–water partition coefficient (Wildman–Crippen LogP) is 8.53. The van der Waals surface area contributed by atoms with Gasteiger partial charge < -0.3 is 8.98 Å². The van der Waals surface area contributed by atoms with Crippen LogP contribution in [0.25, 0.3) is 23.0 Å². The lowest BCUT2D eigenvalue weighted by Crippen LogP contribution is -2.13. The molecule has 1 saturated carbocycles. The number of imidazole rings is 1. The van der Waals surface area contributed by atoms with Crippen molar-refractivity contribution in [2.45, 2.75) is 70.3 Å². The number of rotatable bonds is 6. The Kier molecular flexibility index (Phi) is 7.14. The molecule has 1 unspecified atom stereocenters. The third kappa shape index (κ3) is 4.71. The molecular formula is C26H27Cl3N4O. The zero-order valence-electron chi connectivity index (χ0n) is 19.1. The minimum absolute atomic E-state index is 0.0489. The second-order valence-electron chi connectivity index (χ2n) is 9.01. The lowest BCUT2D eigenvalue weighted by Gasteiger charge is -2.22. The summed E-state index contributed by atoms with van der Waals surface area (Å²) in [6, 6.07) is 5.55. The maximum Gasteiger partial charge on any atom is 0.268 e. The summed E-state index contributed by atoms with van der Waals surface area (Å²) in [5.74, 6) is 2.30. The fraction of sp³-hybridized carbons (Fsp3) is 0.423. The van der Waals surface area contributed by atoms with Crippen molar-refractivity contribution in [3.8, 4) is 23.0 Å². The summed E-state index contributed by atoms with van der Waals surface area (Å²) in [5.41, 5.74) is 2.60. The smallest absolute Gasteiger partial charge is 0.268 e. The van der Waals surface area contributed by atoms with Crippen LogP contribution in [0.2, 0.25) is 10.0 Å². The number of benzene rings is 1. The molecule has 178 valence electrons. The van der Waals surface area contributed by atoms with Crippen molar-refractivity contribution >= 4 is 34.8 Å². The highest BCUT2D eigenvalue weighted by Crippen LogP contribution is 2.40. The Hall–Kier alpha value is -2.08. The monoisotopic (exact) mass is 516 g/mol. The van der Waals surface area contributed by atoms with Crippen molar-refractivity contribution in [2.75, 3.05) is 0 Å². The van der Waals surface area contributed by atoms with Gasteiger partial charge in [-0.15, -0.1) is 10.2 Å². The van der Waals surface area contributed by atoms with Crippen LogP contribution in [0.3, 0.4) is 0 Å². The maximum absolute atomic E-state index is 6.65. The topological polar surface area (TPSA) is 56.7 Å². The van der Waals surface area contributed by atoms with E-state index in [2.05, 4.69) is 27.8 Å². The lowest BCUT2D eigenvalue weighted by molar-refractivity contribution is 0.367. The van der Waals surface area contributed by atoms with Crippen molar-refractivity contribution < 1.29 is 4.42 Å². The lowest BCUT2D eigenvalue weighted by atomic mass is 9.89. The van der Waals surface area contributed by atoms with E-state index in [1.54, 1.807) is 6.07 Å². The molecule has 8 heteroatoms. The minimum atomic E-state index is 0.0489. The number of hydrogen-bond acceptors (Lipinski definition) is 4. The largest absolute Gasteiger partial charge is 0.419 e. The normalized spacial score (nSPS) is 18.9. The average Bonchev–Trinajstić information content (AvgIpc) is 3.46. The van der Waals surface area contributed by atoms with Crippen LogP contribution in [-0.2, 0) is 6.42 Å². The molecule has 1 aromatic carbocycles. The standard InChI is InChI=1S/C26H27Cl3N4O/c1-2-6-22-23(26-32-31-25(34-26)16-7-4-3-5-8-16)30-24(20-14-11-18(28)15-21(20)29)33(22)19-12-9-17(27)10-13-19/h9-12,14-16,19H,2-8,13H2,1H3. The van der Waals surface area contributed by atoms with Crippen molar-refractivity contribution in [3.05, 3.63) is 63.1 Å². The van der Waals surface area contributed by atoms with E-state index in [0.29, 0.717) is 21.9 Å². The summed E-state index contributed by atoms with van der Waals surface area (Å²) in [5, 5.41) is 10.8. The van der Waals surface area contributed by atoms with E-state index in [-0.39, 0.29) is 6.04 Å². The van der Waals surface area contributed by atoms with Gasteiger partial charge in [-0.2, -0.15) is 0 Å². The fourth-order valence-electron chi connectivity index (χ4n) is 4.95. The molecule has 2 aliphatic rings. The van der Waals surface area contributed by atoms with Crippen LogP contribution in [0, 0.1) is 0 Å². The van der Waals surface area contributed by atoms with Crippen LogP contribution in [0.4, 0.5) is 0 Å². The number of allylic oxidation sites excluding steroid dienone is 4. The highest BCUT2D eigenvalue weighted by Gasteiger charge is 2.29. The Labute approximate surface area is 214 Å².